The largest absolute Gasteiger partial charge is 0.494 e. The van der Waals surface area contributed by atoms with Crippen LogP contribution in [0.3, 0.4) is 0 Å². The van der Waals surface area contributed by atoms with Crippen LogP contribution in [-0.4, -0.2) is 63.3 Å². The number of anilines is 1. The molecule has 8 heteroatoms. The van der Waals surface area contributed by atoms with Gasteiger partial charge in [-0.05, 0) is 44.6 Å². The normalized spacial score (nSPS) is 17.6. The van der Waals surface area contributed by atoms with Crippen molar-refractivity contribution in [2.75, 3.05) is 46.2 Å². The Morgan fingerprint density at radius 3 is 2.89 bits per heavy atom. The fraction of sp³-hybridized carbons (Fsp3) is 0.474. The number of hydrogen-bond acceptors (Lipinski definition) is 6. The van der Waals surface area contributed by atoms with Crippen molar-refractivity contribution in [1.82, 2.24) is 15.4 Å². The average molecular weight is 376 g/mol. The molecule has 0 saturated carbocycles. The summed E-state index contributed by atoms with van der Waals surface area (Å²) in [6, 6.07) is 4.39. The lowest BCUT2D eigenvalue weighted by atomic mass is 10.0. The molecule has 3 rings (SSSR count). The highest BCUT2D eigenvalue weighted by atomic mass is 19.1. The number of hydrogen-bond donors (Lipinski definition) is 1. The highest BCUT2D eigenvalue weighted by molar-refractivity contribution is 6.04. The Bertz CT molecular complexity index is 821. The maximum Gasteiger partial charge on any atom is 0.259 e. The van der Waals surface area contributed by atoms with E-state index in [1.54, 1.807) is 25.1 Å². The van der Waals surface area contributed by atoms with E-state index < -0.39 is 5.82 Å². The van der Waals surface area contributed by atoms with Gasteiger partial charge in [-0.1, -0.05) is 5.16 Å². The van der Waals surface area contributed by atoms with Gasteiger partial charge in [-0.2, -0.15) is 0 Å². The van der Waals surface area contributed by atoms with Gasteiger partial charge >= 0.3 is 0 Å². The summed E-state index contributed by atoms with van der Waals surface area (Å²) < 4.78 is 24.3. The summed E-state index contributed by atoms with van der Waals surface area (Å²) in [5.74, 6) is 0.0626. The molecule has 1 amide bonds. The lowest BCUT2D eigenvalue weighted by Gasteiger charge is -2.30. The quantitative estimate of drug-likeness (QED) is 0.864. The minimum absolute atomic E-state index is 0.0665. The van der Waals surface area contributed by atoms with Crippen LogP contribution >= 0.6 is 0 Å². The molecule has 1 aliphatic rings. The number of nitrogens with one attached hydrogen (secondary N) is 1. The summed E-state index contributed by atoms with van der Waals surface area (Å²) in [5.41, 5.74) is 0.863. The molecule has 1 aromatic heterocycles. The van der Waals surface area contributed by atoms with Crippen molar-refractivity contribution in [3.63, 3.8) is 0 Å². The predicted octanol–water partition coefficient (Wildman–Crippen LogP) is 2.38. The Morgan fingerprint density at radius 1 is 1.44 bits per heavy atom. The van der Waals surface area contributed by atoms with E-state index >= 15 is 0 Å². The molecular formula is C19H25FN4O3. The third-order valence-corrected chi connectivity index (χ3v) is 4.70. The van der Waals surface area contributed by atoms with E-state index in [4.69, 9.17) is 9.26 Å². The summed E-state index contributed by atoms with van der Waals surface area (Å²) in [6.07, 6.45) is 1.96. The lowest BCUT2D eigenvalue weighted by Crippen LogP contribution is -2.46. The van der Waals surface area contributed by atoms with Crippen LogP contribution in [0.4, 0.5) is 10.2 Å². The molecule has 0 spiro atoms. The van der Waals surface area contributed by atoms with Crippen LogP contribution in [0.25, 0.3) is 11.3 Å². The molecule has 1 aromatic carbocycles. The fourth-order valence-corrected chi connectivity index (χ4v) is 3.33. The Labute approximate surface area is 158 Å². The number of aromatic nitrogens is 1. The summed E-state index contributed by atoms with van der Waals surface area (Å²) in [4.78, 5) is 17.0. The van der Waals surface area contributed by atoms with E-state index in [1.807, 2.05) is 7.05 Å². The van der Waals surface area contributed by atoms with Crippen molar-refractivity contribution >= 4 is 11.7 Å². The van der Waals surface area contributed by atoms with Gasteiger partial charge in [0, 0.05) is 32.2 Å². The molecule has 0 aliphatic carbocycles. The molecule has 7 nitrogen and oxygen atoms in total. The number of methoxy groups -OCH3 is 1. The zero-order chi connectivity index (χ0) is 19.6. The molecule has 1 saturated heterocycles. The van der Waals surface area contributed by atoms with Crippen LogP contribution in [0.5, 0.6) is 5.75 Å². The minimum atomic E-state index is -0.482. The first-order valence-corrected chi connectivity index (χ1v) is 8.91. The second-order valence-corrected chi connectivity index (χ2v) is 7.03. The standard InChI is InChI=1S/C19H25FN4O3/c1-23(2)18-16(19(25)21-13-6-5-9-24(3)11-13)17(27-22-18)12-7-8-14(20)15(10-12)26-4/h7-8,10,13H,5-6,9,11H2,1-4H3,(H,21,25). The Balaban J connectivity index is 1.95. The number of nitrogens with zero attached hydrogens (tertiary/aromatic N) is 3. The third kappa shape index (κ3) is 4.05. The minimum Gasteiger partial charge on any atom is -0.494 e. The molecule has 27 heavy (non-hydrogen) atoms. The Hall–Kier alpha value is -2.61. The number of likely N-dealkylation sites (tertiary alicyclic amines) is 1. The maximum absolute atomic E-state index is 13.8. The predicted molar refractivity (Wildman–Crippen MR) is 101 cm³/mol. The van der Waals surface area contributed by atoms with Gasteiger partial charge in [0.15, 0.2) is 23.1 Å². The van der Waals surface area contributed by atoms with Crippen LogP contribution in [0.15, 0.2) is 22.7 Å². The summed E-state index contributed by atoms with van der Waals surface area (Å²) in [7, 11) is 7.01. The van der Waals surface area contributed by atoms with E-state index in [9.17, 15) is 9.18 Å². The number of amides is 1. The molecule has 1 N–H and O–H groups in total. The number of ether oxygens (including phenoxy) is 1. The third-order valence-electron chi connectivity index (χ3n) is 4.70. The topological polar surface area (TPSA) is 70.8 Å². The van der Waals surface area contributed by atoms with Gasteiger partial charge in [0.05, 0.1) is 7.11 Å². The van der Waals surface area contributed by atoms with Crippen LogP contribution in [0.2, 0.25) is 0 Å². The van der Waals surface area contributed by atoms with Crippen molar-refractivity contribution in [2.24, 2.45) is 0 Å². The fourth-order valence-electron chi connectivity index (χ4n) is 3.33. The Morgan fingerprint density at radius 2 is 2.22 bits per heavy atom. The van der Waals surface area contributed by atoms with E-state index in [1.165, 1.54) is 19.2 Å². The van der Waals surface area contributed by atoms with E-state index in [0.717, 1.165) is 25.9 Å². The molecule has 1 aliphatic heterocycles. The molecule has 0 radical (unpaired) electrons. The number of carbonyl (C=O) groups is 1. The van der Waals surface area contributed by atoms with Gasteiger partial charge < -0.3 is 24.4 Å². The molecule has 0 bridgehead atoms. The van der Waals surface area contributed by atoms with Gasteiger partial charge in [-0.25, -0.2) is 4.39 Å². The zero-order valence-corrected chi connectivity index (χ0v) is 16.1. The monoisotopic (exact) mass is 376 g/mol. The average Bonchev–Trinajstić information content (AvgIpc) is 3.07. The van der Waals surface area contributed by atoms with Gasteiger partial charge in [0.1, 0.15) is 5.56 Å². The highest BCUT2D eigenvalue weighted by Crippen LogP contribution is 2.33. The first-order chi connectivity index (χ1) is 12.9. The molecule has 2 aromatic rings. The number of halogens is 1. The van der Waals surface area contributed by atoms with Crippen LogP contribution in [0.1, 0.15) is 23.2 Å². The van der Waals surface area contributed by atoms with Crippen LogP contribution < -0.4 is 15.0 Å². The Kier molecular flexibility index (Phi) is 5.65. The lowest BCUT2D eigenvalue weighted by molar-refractivity contribution is 0.0913. The number of carbonyl (C=O) groups excluding carboxylic acids is 1. The van der Waals surface area contributed by atoms with Crippen molar-refractivity contribution in [3.8, 4) is 17.1 Å². The van der Waals surface area contributed by atoms with E-state index in [0.29, 0.717) is 22.7 Å². The molecule has 146 valence electrons. The van der Waals surface area contributed by atoms with Crippen molar-refractivity contribution in [3.05, 3.63) is 29.6 Å². The second kappa shape index (κ2) is 7.96. The van der Waals surface area contributed by atoms with Crippen LogP contribution in [0, 0.1) is 5.82 Å². The van der Waals surface area contributed by atoms with Gasteiger partial charge in [0.2, 0.25) is 0 Å². The van der Waals surface area contributed by atoms with E-state index in [2.05, 4.69) is 15.4 Å². The van der Waals surface area contributed by atoms with Crippen molar-refractivity contribution in [1.29, 1.82) is 0 Å². The molecule has 1 unspecified atom stereocenters. The molecule has 1 fully saturated rings. The number of likely N-dealkylation sites (N-methyl/N-ethyl adjacent to an activating group) is 1. The summed E-state index contributed by atoms with van der Waals surface area (Å²) >= 11 is 0. The highest BCUT2D eigenvalue weighted by Gasteiger charge is 2.28. The van der Waals surface area contributed by atoms with Gasteiger partial charge in [-0.15, -0.1) is 0 Å². The summed E-state index contributed by atoms with van der Waals surface area (Å²) in [6.45, 7) is 1.83. The number of rotatable bonds is 5. The van der Waals surface area contributed by atoms with Crippen molar-refractivity contribution in [2.45, 2.75) is 18.9 Å². The number of benzene rings is 1. The van der Waals surface area contributed by atoms with Crippen LogP contribution in [-0.2, 0) is 0 Å². The van der Waals surface area contributed by atoms with E-state index in [-0.39, 0.29) is 17.7 Å². The summed E-state index contributed by atoms with van der Waals surface area (Å²) in [5, 5.41) is 7.13. The first kappa shape index (κ1) is 19.2. The van der Waals surface area contributed by atoms with Gasteiger partial charge in [-0.3, -0.25) is 4.79 Å². The zero-order valence-electron chi connectivity index (χ0n) is 16.1. The second-order valence-electron chi connectivity index (χ2n) is 7.03. The maximum atomic E-state index is 13.8. The van der Waals surface area contributed by atoms with Gasteiger partial charge in [0.25, 0.3) is 5.91 Å². The smallest absolute Gasteiger partial charge is 0.259 e. The molecular weight excluding hydrogens is 351 g/mol. The number of piperidine rings is 1. The van der Waals surface area contributed by atoms with Crippen molar-refractivity contribution < 1.29 is 18.4 Å². The SMILES string of the molecule is COc1cc(-c2onc(N(C)C)c2C(=O)NC2CCCN(C)C2)ccc1F. The first-order valence-electron chi connectivity index (χ1n) is 8.91. The molecule has 1 atom stereocenters. The molecule has 2 heterocycles.